The lowest BCUT2D eigenvalue weighted by molar-refractivity contribution is 1.47. The van der Waals surface area contributed by atoms with E-state index in [0.29, 0.717) is 11.1 Å². The van der Waals surface area contributed by atoms with E-state index in [1.165, 1.54) is 40.3 Å². The van der Waals surface area contributed by atoms with E-state index in [-0.39, 0.29) is 0 Å². The molecule has 8 aromatic rings. The molecule has 2 nitrogen and oxygen atoms in total. The van der Waals surface area contributed by atoms with E-state index in [1.807, 2.05) is 24.3 Å². The number of fused-ring (bicyclic) bond motifs is 6. The van der Waals surface area contributed by atoms with Crippen molar-refractivity contribution >= 4 is 63.0 Å². The Labute approximate surface area is 250 Å². The lowest BCUT2D eigenvalue weighted by Gasteiger charge is -2.15. The van der Waals surface area contributed by atoms with Crippen molar-refractivity contribution in [3.05, 3.63) is 132 Å². The summed E-state index contributed by atoms with van der Waals surface area (Å²) in [4.78, 5) is 0. The van der Waals surface area contributed by atoms with Gasteiger partial charge < -0.3 is 0 Å². The average molecular weight is 569 g/mol. The summed E-state index contributed by atoms with van der Waals surface area (Å²) in [5.74, 6) is 0. The minimum atomic E-state index is 0.609. The van der Waals surface area contributed by atoms with Crippen LogP contribution in [0.5, 0.6) is 0 Å². The van der Waals surface area contributed by atoms with Crippen molar-refractivity contribution in [3.63, 3.8) is 0 Å². The van der Waals surface area contributed by atoms with Crippen LogP contribution < -0.4 is 0 Å². The van der Waals surface area contributed by atoms with E-state index in [1.54, 1.807) is 22.7 Å². The molecule has 2 aromatic heterocycles. The molecule has 0 N–H and O–H groups in total. The molecule has 42 heavy (non-hydrogen) atoms. The van der Waals surface area contributed by atoms with Gasteiger partial charge in [0.1, 0.15) is 6.07 Å². The van der Waals surface area contributed by atoms with Crippen LogP contribution in [0.3, 0.4) is 0 Å². The minimum Gasteiger partial charge on any atom is -0.192 e. The van der Waals surface area contributed by atoms with E-state index >= 15 is 0 Å². The lowest BCUT2D eigenvalue weighted by Crippen LogP contribution is -1.93. The standard InChI is InChI=1S/C38H20N2S2/c39-21-23-7-5-8-24(17-23)26-19-31(25-15-16-37-33(18-25)28-10-2-3-13-35(28)41-37)34(22-40)32(20-26)30-12-6-11-29-27-9-1-4-14-36(27)42-38(29)30/h1-20H. The molecule has 6 aromatic carbocycles. The summed E-state index contributed by atoms with van der Waals surface area (Å²) < 4.78 is 4.88. The molecule has 8 rings (SSSR count). The van der Waals surface area contributed by atoms with Gasteiger partial charge >= 0.3 is 0 Å². The predicted molar refractivity (Wildman–Crippen MR) is 178 cm³/mol. The van der Waals surface area contributed by atoms with Crippen molar-refractivity contribution in [1.29, 1.82) is 10.5 Å². The third kappa shape index (κ3) is 3.82. The first-order chi connectivity index (χ1) is 20.7. The number of nitrogens with zero attached hydrogens (tertiary/aromatic N) is 2. The van der Waals surface area contributed by atoms with Crippen molar-refractivity contribution in [2.45, 2.75) is 0 Å². The van der Waals surface area contributed by atoms with Gasteiger partial charge in [0.25, 0.3) is 0 Å². The zero-order chi connectivity index (χ0) is 28.2. The van der Waals surface area contributed by atoms with Gasteiger partial charge in [-0.3, -0.25) is 0 Å². The molecule has 0 aliphatic rings. The second-order valence-corrected chi connectivity index (χ2v) is 12.5. The minimum absolute atomic E-state index is 0.609. The second kappa shape index (κ2) is 9.68. The largest absolute Gasteiger partial charge is 0.192 e. The van der Waals surface area contributed by atoms with Crippen LogP contribution in [0.25, 0.3) is 73.7 Å². The zero-order valence-corrected chi connectivity index (χ0v) is 23.9. The van der Waals surface area contributed by atoms with Crippen LogP contribution in [0.4, 0.5) is 0 Å². The number of benzene rings is 6. The fourth-order valence-electron chi connectivity index (χ4n) is 5.99. The van der Waals surface area contributed by atoms with E-state index in [9.17, 15) is 10.5 Å². The van der Waals surface area contributed by atoms with Gasteiger partial charge in [-0.25, -0.2) is 0 Å². The van der Waals surface area contributed by atoms with Crippen molar-refractivity contribution in [3.8, 4) is 45.5 Å². The highest BCUT2D eigenvalue weighted by atomic mass is 32.1. The number of rotatable bonds is 3. The van der Waals surface area contributed by atoms with Gasteiger partial charge in [0.2, 0.25) is 0 Å². The molecule has 0 atom stereocenters. The molecule has 0 saturated carbocycles. The molecule has 0 radical (unpaired) electrons. The highest BCUT2D eigenvalue weighted by Crippen LogP contribution is 2.45. The summed E-state index contributed by atoms with van der Waals surface area (Å²) in [5.41, 5.74) is 7.04. The van der Waals surface area contributed by atoms with Crippen molar-refractivity contribution in [1.82, 2.24) is 0 Å². The average Bonchev–Trinajstić information content (AvgIpc) is 3.62. The van der Waals surface area contributed by atoms with Crippen molar-refractivity contribution < 1.29 is 0 Å². The normalized spacial score (nSPS) is 11.3. The van der Waals surface area contributed by atoms with E-state index in [2.05, 4.69) is 109 Å². The molecule has 0 aliphatic carbocycles. The number of hydrogen-bond acceptors (Lipinski definition) is 4. The van der Waals surface area contributed by atoms with Crippen molar-refractivity contribution in [2.75, 3.05) is 0 Å². The molecule has 0 amide bonds. The highest BCUT2D eigenvalue weighted by Gasteiger charge is 2.19. The summed E-state index contributed by atoms with van der Waals surface area (Å²) in [7, 11) is 0. The van der Waals surface area contributed by atoms with Gasteiger partial charge in [0.15, 0.2) is 0 Å². The van der Waals surface area contributed by atoms with Gasteiger partial charge in [0.05, 0.1) is 17.2 Å². The molecule has 0 bridgehead atoms. The first-order valence-corrected chi connectivity index (χ1v) is 15.3. The Morgan fingerprint density at radius 2 is 1.12 bits per heavy atom. The summed E-state index contributed by atoms with van der Waals surface area (Å²) in [6.07, 6.45) is 0. The van der Waals surface area contributed by atoms with Gasteiger partial charge in [-0.05, 0) is 65.2 Å². The molecule has 4 heteroatoms. The molecule has 194 valence electrons. The summed E-state index contributed by atoms with van der Waals surface area (Å²) in [5, 5.41) is 25.2. The Morgan fingerprint density at radius 1 is 0.429 bits per heavy atom. The van der Waals surface area contributed by atoms with E-state index < -0.39 is 0 Å². The van der Waals surface area contributed by atoms with Crippen LogP contribution in [0, 0.1) is 22.7 Å². The summed E-state index contributed by atoms with van der Waals surface area (Å²) in [6, 6.07) is 46.7. The van der Waals surface area contributed by atoms with Crippen LogP contribution in [-0.4, -0.2) is 0 Å². The molecule has 0 fully saturated rings. The van der Waals surface area contributed by atoms with E-state index in [4.69, 9.17) is 0 Å². The Morgan fingerprint density at radius 3 is 1.93 bits per heavy atom. The Hall–Kier alpha value is -5.26. The zero-order valence-electron chi connectivity index (χ0n) is 22.3. The molecule has 2 heterocycles. The highest BCUT2D eigenvalue weighted by molar-refractivity contribution is 7.26. The molecule has 0 aliphatic heterocycles. The van der Waals surface area contributed by atoms with Crippen LogP contribution >= 0.6 is 22.7 Å². The maximum atomic E-state index is 10.7. The van der Waals surface area contributed by atoms with Gasteiger partial charge in [-0.1, -0.05) is 72.8 Å². The van der Waals surface area contributed by atoms with E-state index in [0.717, 1.165) is 33.4 Å². The van der Waals surface area contributed by atoms with Crippen LogP contribution in [0.2, 0.25) is 0 Å². The SMILES string of the molecule is N#Cc1cccc(-c2cc(-c3ccc4sc5ccccc5c4c3)c(C#N)c(-c3cccc4c3sc3ccccc34)c2)c1. The van der Waals surface area contributed by atoms with Gasteiger partial charge in [-0.15, -0.1) is 22.7 Å². The fourth-order valence-corrected chi connectivity index (χ4v) is 8.31. The number of nitriles is 2. The second-order valence-electron chi connectivity index (χ2n) is 10.3. The molecular weight excluding hydrogens is 549 g/mol. The smallest absolute Gasteiger partial charge is 0.100 e. The van der Waals surface area contributed by atoms with Crippen LogP contribution in [0.1, 0.15) is 11.1 Å². The topological polar surface area (TPSA) is 47.6 Å². The molecule has 0 spiro atoms. The summed E-state index contributed by atoms with van der Waals surface area (Å²) >= 11 is 3.55. The monoisotopic (exact) mass is 568 g/mol. The Bertz CT molecular complexity index is 2450. The van der Waals surface area contributed by atoms with Crippen molar-refractivity contribution in [2.24, 2.45) is 0 Å². The van der Waals surface area contributed by atoms with Crippen LogP contribution in [-0.2, 0) is 0 Å². The molecule has 0 unspecified atom stereocenters. The number of hydrogen-bond donors (Lipinski definition) is 0. The van der Waals surface area contributed by atoms with Crippen LogP contribution in [0.15, 0.2) is 121 Å². The predicted octanol–water partition coefficient (Wildman–Crippen LogP) is 11.2. The summed E-state index contributed by atoms with van der Waals surface area (Å²) in [6.45, 7) is 0. The maximum absolute atomic E-state index is 10.7. The molecular formula is C38H20N2S2. The maximum Gasteiger partial charge on any atom is 0.100 e. The first-order valence-electron chi connectivity index (χ1n) is 13.6. The fraction of sp³-hybridized carbons (Fsp3) is 0. The third-order valence-electron chi connectivity index (χ3n) is 7.96. The number of thiophene rings is 2. The first kappa shape index (κ1) is 24.5. The van der Waals surface area contributed by atoms with Gasteiger partial charge in [-0.2, -0.15) is 10.5 Å². The Kier molecular flexibility index (Phi) is 5.66. The van der Waals surface area contributed by atoms with Gasteiger partial charge in [0, 0.05) is 57.0 Å². The molecule has 0 saturated heterocycles. The Balaban J connectivity index is 1.45. The lowest BCUT2D eigenvalue weighted by atomic mass is 9.87. The third-order valence-corrected chi connectivity index (χ3v) is 10.3. The quantitative estimate of drug-likeness (QED) is 0.213.